The van der Waals surface area contributed by atoms with Crippen LogP contribution < -0.4 is 15.6 Å². The number of aryl methyl sites for hydroxylation is 1. The molecule has 0 atom stereocenters. The first kappa shape index (κ1) is 26.1. The minimum absolute atomic E-state index is 0.0338. The van der Waals surface area contributed by atoms with Crippen molar-refractivity contribution >= 4 is 34.8 Å². The maximum Gasteiger partial charge on any atom is 0.289 e. The van der Waals surface area contributed by atoms with E-state index >= 15 is 0 Å². The predicted octanol–water partition coefficient (Wildman–Crippen LogP) is 2.93. The van der Waals surface area contributed by atoms with Crippen molar-refractivity contribution in [3.05, 3.63) is 69.9 Å². The molecular formula is C26H29N5O5S. The monoisotopic (exact) mass is 523 g/mol. The molecule has 0 bridgehead atoms. The molecule has 0 aliphatic carbocycles. The number of rotatable bonds is 8. The van der Waals surface area contributed by atoms with Gasteiger partial charge in [0.15, 0.2) is 5.78 Å². The summed E-state index contributed by atoms with van der Waals surface area (Å²) in [6, 6.07) is 10.3. The molecule has 3 amide bonds. The Bertz CT molecular complexity index is 1270. The van der Waals surface area contributed by atoms with E-state index in [1.807, 2.05) is 0 Å². The number of hydrazine groups is 1. The van der Waals surface area contributed by atoms with Crippen LogP contribution in [0.5, 0.6) is 5.75 Å². The van der Waals surface area contributed by atoms with E-state index in [0.29, 0.717) is 30.1 Å². The fourth-order valence-electron chi connectivity index (χ4n) is 4.19. The molecule has 11 heteroatoms. The number of benzene rings is 1. The summed E-state index contributed by atoms with van der Waals surface area (Å²) in [5, 5.41) is 2.50. The maximum atomic E-state index is 12.7. The lowest BCUT2D eigenvalue weighted by molar-refractivity contribution is -0.132. The van der Waals surface area contributed by atoms with Crippen LogP contribution in [0, 0.1) is 0 Å². The standard InChI is InChI=1S/C26H29N5O5S/c1-30-13-3-4-21(30)25(35)29-28-24(34)20-16-37-26(27-20)18-11-14-31(15-12-18)23(33)10-9-22(32)17-5-7-19(36-2)8-6-17/h3-8,13,16,18H,9-12,14-15H2,1-2H3,(H,28,34)(H,29,35). The molecule has 1 aliphatic heterocycles. The molecule has 0 spiro atoms. The average molecular weight is 524 g/mol. The number of ether oxygens (including phenoxy) is 1. The Morgan fingerprint density at radius 2 is 1.73 bits per heavy atom. The third kappa shape index (κ3) is 6.42. The number of hydrogen-bond acceptors (Lipinski definition) is 7. The van der Waals surface area contributed by atoms with E-state index < -0.39 is 11.8 Å². The molecule has 2 N–H and O–H groups in total. The van der Waals surface area contributed by atoms with E-state index in [1.54, 1.807) is 71.6 Å². The van der Waals surface area contributed by atoms with Gasteiger partial charge in [-0.3, -0.25) is 30.0 Å². The summed E-state index contributed by atoms with van der Waals surface area (Å²) >= 11 is 1.40. The Morgan fingerprint density at radius 1 is 1.03 bits per heavy atom. The number of methoxy groups -OCH3 is 1. The average Bonchev–Trinajstić information content (AvgIpc) is 3.60. The van der Waals surface area contributed by atoms with Crippen molar-refractivity contribution < 1.29 is 23.9 Å². The van der Waals surface area contributed by atoms with Crippen molar-refractivity contribution in [2.24, 2.45) is 7.05 Å². The van der Waals surface area contributed by atoms with Crippen LogP contribution in [-0.4, -0.2) is 58.2 Å². The Morgan fingerprint density at radius 3 is 2.38 bits per heavy atom. The van der Waals surface area contributed by atoms with Crippen LogP contribution in [0.4, 0.5) is 0 Å². The molecule has 0 radical (unpaired) electrons. The highest BCUT2D eigenvalue weighted by Gasteiger charge is 2.26. The van der Waals surface area contributed by atoms with Gasteiger partial charge in [-0.2, -0.15) is 0 Å². The Labute approximate surface area is 218 Å². The number of carbonyl (C=O) groups excluding carboxylic acids is 4. The second kappa shape index (κ2) is 11.8. The number of nitrogens with one attached hydrogen (secondary N) is 2. The summed E-state index contributed by atoms with van der Waals surface area (Å²) in [7, 11) is 3.31. The number of likely N-dealkylation sites (tertiary alicyclic amines) is 1. The molecule has 3 heterocycles. The fraction of sp³-hybridized carbons (Fsp3) is 0.346. The van der Waals surface area contributed by atoms with E-state index in [4.69, 9.17) is 4.74 Å². The molecule has 3 aromatic rings. The van der Waals surface area contributed by atoms with Crippen LogP contribution in [0.3, 0.4) is 0 Å². The Kier molecular flexibility index (Phi) is 8.34. The van der Waals surface area contributed by atoms with E-state index in [9.17, 15) is 19.2 Å². The van der Waals surface area contributed by atoms with Gasteiger partial charge in [-0.1, -0.05) is 0 Å². The summed E-state index contributed by atoms with van der Waals surface area (Å²) in [5.74, 6) is -0.182. The maximum absolute atomic E-state index is 12.7. The molecule has 2 aromatic heterocycles. The lowest BCUT2D eigenvalue weighted by Gasteiger charge is -2.31. The van der Waals surface area contributed by atoms with Crippen molar-refractivity contribution in [2.75, 3.05) is 20.2 Å². The Balaban J connectivity index is 1.21. The first-order valence-electron chi connectivity index (χ1n) is 12.0. The van der Waals surface area contributed by atoms with Gasteiger partial charge in [0.1, 0.15) is 17.1 Å². The van der Waals surface area contributed by atoms with Crippen molar-refractivity contribution in [2.45, 2.75) is 31.6 Å². The summed E-state index contributed by atoms with van der Waals surface area (Å²) in [6.07, 6.45) is 3.54. The number of ketones is 1. The molecule has 194 valence electrons. The molecule has 37 heavy (non-hydrogen) atoms. The van der Waals surface area contributed by atoms with Gasteiger partial charge in [0, 0.05) is 56.0 Å². The number of nitrogens with zero attached hydrogens (tertiary/aromatic N) is 3. The van der Waals surface area contributed by atoms with Crippen LogP contribution in [0.1, 0.15) is 67.9 Å². The SMILES string of the molecule is COc1ccc(C(=O)CCC(=O)N2CCC(c3nc(C(=O)NNC(=O)c4cccn4C)cs3)CC2)cc1. The van der Waals surface area contributed by atoms with Gasteiger partial charge in [-0.05, 0) is 49.2 Å². The second-order valence-corrected chi connectivity index (χ2v) is 9.68. The molecule has 1 fully saturated rings. The lowest BCUT2D eigenvalue weighted by atomic mass is 9.97. The first-order valence-corrected chi connectivity index (χ1v) is 12.9. The van der Waals surface area contributed by atoms with Gasteiger partial charge in [-0.25, -0.2) is 4.98 Å². The van der Waals surface area contributed by atoms with Crippen molar-refractivity contribution in [3.63, 3.8) is 0 Å². The first-order chi connectivity index (χ1) is 17.9. The molecule has 0 unspecified atom stereocenters. The normalized spacial score (nSPS) is 13.7. The van der Waals surface area contributed by atoms with Crippen LogP contribution in [-0.2, 0) is 11.8 Å². The van der Waals surface area contributed by atoms with Gasteiger partial charge in [0.2, 0.25) is 5.91 Å². The summed E-state index contributed by atoms with van der Waals surface area (Å²) in [6.45, 7) is 1.15. The van der Waals surface area contributed by atoms with Crippen molar-refractivity contribution in [1.82, 2.24) is 25.3 Å². The van der Waals surface area contributed by atoms with E-state index in [1.165, 1.54) is 11.3 Å². The molecule has 1 saturated heterocycles. The largest absolute Gasteiger partial charge is 0.497 e. The number of piperidine rings is 1. The minimum Gasteiger partial charge on any atom is -0.497 e. The predicted molar refractivity (Wildman–Crippen MR) is 138 cm³/mol. The fourth-order valence-corrected chi connectivity index (χ4v) is 5.17. The number of hydrogen-bond donors (Lipinski definition) is 2. The number of Topliss-reactive ketones (excluding diaryl/α,β-unsaturated/α-hetero) is 1. The number of amides is 3. The third-order valence-electron chi connectivity index (χ3n) is 6.40. The van der Waals surface area contributed by atoms with Gasteiger partial charge >= 0.3 is 0 Å². The second-order valence-electron chi connectivity index (χ2n) is 8.79. The van der Waals surface area contributed by atoms with E-state index in [-0.39, 0.29) is 36.1 Å². The Hall–Kier alpha value is -3.99. The molecule has 1 aliphatic rings. The van der Waals surface area contributed by atoms with Crippen LogP contribution in [0.15, 0.2) is 48.0 Å². The van der Waals surface area contributed by atoms with E-state index in [2.05, 4.69) is 15.8 Å². The lowest BCUT2D eigenvalue weighted by Crippen LogP contribution is -2.42. The highest BCUT2D eigenvalue weighted by Crippen LogP contribution is 2.30. The minimum atomic E-state index is -0.487. The topological polar surface area (TPSA) is 123 Å². The zero-order valence-corrected chi connectivity index (χ0v) is 21.5. The third-order valence-corrected chi connectivity index (χ3v) is 7.40. The van der Waals surface area contributed by atoms with Gasteiger partial charge in [-0.15, -0.1) is 11.3 Å². The number of aromatic nitrogens is 2. The van der Waals surface area contributed by atoms with Crippen LogP contribution in [0.2, 0.25) is 0 Å². The number of thiazole rings is 1. The van der Waals surface area contributed by atoms with Gasteiger partial charge in [0.05, 0.1) is 12.1 Å². The van der Waals surface area contributed by atoms with Crippen molar-refractivity contribution in [3.8, 4) is 5.75 Å². The molecular weight excluding hydrogens is 494 g/mol. The highest BCUT2D eigenvalue weighted by molar-refractivity contribution is 7.09. The quantitative estimate of drug-likeness (QED) is 0.346. The van der Waals surface area contributed by atoms with E-state index in [0.717, 1.165) is 17.8 Å². The summed E-state index contributed by atoms with van der Waals surface area (Å²) in [5.41, 5.74) is 6.02. The molecule has 1 aromatic carbocycles. The number of carbonyl (C=O) groups is 4. The van der Waals surface area contributed by atoms with Crippen LogP contribution >= 0.6 is 11.3 Å². The molecule has 10 nitrogen and oxygen atoms in total. The van der Waals surface area contributed by atoms with Crippen LogP contribution in [0.25, 0.3) is 0 Å². The zero-order chi connectivity index (χ0) is 26.4. The molecule has 4 rings (SSSR count). The summed E-state index contributed by atoms with van der Waals surface area (Å²) < 4.78 is 6.76. The smallest absolute Gasteiger partial charge is 0.289 e. The summed E-state index contributed by atoms with van der Waals surface area (Å²) in [4.78, 5) is 55.9. The highest BCUT2D eigenvalue weighted by atomic mass is 32.1. The van der Waals surface area contributed by atoms with Crippen molar-refractivity contribution in [1.29, 1.82) is 0 Å². The zero-order valence-electron chi connectivity index (χ0n) is 20.7. The molecule has 0 saturated carbocycles. The van der Waals surface area contributed by atoms with Gasteiger partial charge < -0.3 is 14.2 Å². The van der Waals surface area contributed by atoms with Gasteiger partial charge in [0.25, 0.3) is 11.8 Å².